The lowest BCUT2D eigenvalue weighted by atomic mass is 10.1. The van der Waals surface area contributed by atoms with Gasteiger partial charge in [-0.15, -0.1) is 0 Å². The zero-order chi connectivity index (χ0) is 14.4. The first-order valence-electron chi connectivity index (χ1n) is 7.67. The van der Waals surface area contributed by atoms with E-state index < -0.39 is 0 Å². The molecule has 1 saturated carbocycles. The molecule has 2 rings (SSSR count). The van der Waals surface area contributed by atoms with Gasteiger partial charge in [0.1, 0.15) is 18.8 Å². The Morgan fingerprint density at radius 2 is 2.15 bits per heavy atom. The van der Waals surface area contributed by atoms with Crippen LogP contribution in [0.1, 0.15) is 38.7 Å². The maximum absolute atomic E-state index is 5.89. The molecule has 0 bridgehead atoms. The Hall–Kier alpha value is -1.36. The first kappa shape index (κ1) is 15.0. The second-order valence-corrected chi connectivity index (χ2v) is 5.35. The normalized spacial score (nSPS) is 14.6. The van der Waals surface area contributed by atoms with Gasteiger partial charge in [-0.2, -0.15) is 0 Å². The second kappa shape index (κ2) is 7.43. The van der Waals surface area contributed by atoms with E-state index in [0.29, 0.717) is 6.61 Å². The number of nitrogens with zero attached hydrogens (tertiary/aromatic N) is 3. The minimum absolute atomic E-state index is 0.687. The summed E-state index contributed by atoms with van der Waals surface area (Å²) in [5, 5.41) is 3.29. The van der Waals surface area contributed by atoms with Crippen molar-refractivity contribution in [1.29, 1.82) is 0 Å². The molecule has 5 nitrogen and oxygen atoms in total. The minimum Gasteiger partial charge on any atom is -0.476 e. The highest BCUT2D eigenvalue weighted by atomic mass is 16.5. The fraction of sp³-hybridized carbons (Fsp3) is 0.733. The van der Waals surface area contributed by atoms with Gasteiger partial charge in [-0.1, -0.05) is 13.3 Å². The molecule has 0 unspecified atom stereocenters. The largest absolute Gasteiger partial charge is 0.476 e. The van der Waals surface area contributed by atoms with Gasteiger partial charge >= 0.3 is 0 Å². The molecule has 0 atom stereocenters. The maximum Gasteiger partial charge on any atom is 0.221 e. The summed E-state index contributed by atoms with van der Waals surface area (Å²) in [7, 11) is 2.16. The average Bonchev–Trinajstić information content (AvgIpc) is 3.27. The molecule has 0 spiro atoms. The lowest BCUT2D eigenvalue weighted by molar-refractivity contribution is 0.225. The Bertz CT molecular complexity index is 420. The lowest BCUT2D eigenvalue weighted by Gasteiger charge is -2.17. The van der Waals surface area contributed by atoms with Crippen LogP contribution in [0.25, 0.3) is 0 Å². The number of ether oxygens (including phenoxy) is 1. The molecular weight excluding hydrogens is 252 g/mol. The summed E-state index contributed by atoms with van der Waals surface area (Å²) in [6, 6.07) is 0.774. The standard InChI is InChI=1S/C15H26N4O/c1-4-6-13-14(16-5-2)17-11-18-15(13)20-10-9-19(3)12-7-8-12/h11-12H,4-10H2,1-3H3,(H,16,17,18). The maximum atomic E-state index is 5.89. The first-order chi connectivity index (χ1) is 9.76. The molecule has 0 radical (unpaired) electrons. The molecule has 0 saturated heterocycles. The van der Waals surface area contributed by atoms with Crippen LogP contribution >= 0.6 is 0 Å². The van der Waals surface area contributed by atoms with E-state index >= 15 is 0 Å². The van der Waals surface area contributed by atoms with Crippen molar-refractivity contribution in [3.8, 4) is 5.88 Å². The highest BCUT2D eigenvalue weighted by Crippen LogP contribution is 2.26. The van der Waals surface area contributed by atoms with E-state index in [1.54, 1.807) is 6.33 Å². The van der Waals surface area contributed by atoms with E-state index in [0.717, 1.165) is 49.2 Å². The fourth-order valence-corrected chi connectivity index (χ4v) is 2.30. The monoisotopic (exact) mass is 278 g/mol. The molecule has 0 aromatic carbocycles. The molecule has 1 aromatic heterocycles. The fourth-order valence-electron chi connectivity index (χ4n) is 2.30. The van der Waals surface area contributed by atoms with E-state index in [1.807, 2.05) is 0 Å². The number of aromatic nitrogens is 2. The van der Waals surface area contributed by atoms with Crippen LogP contribution in [0.2, 0.25) is 0 Å². The smallest absolute Gasteiger partial charge is 0.221 e. The molecule has 0 aliphatic heterocycles. The molecule has 0 amide bonds. The summed E-state index contributed by atoms with van der Waals surface area (Å²) < 4.78 is 5.89. The van der Waals surface area contributed by atoms with Gasteiger partial charge in [-0.05, 0) is 33.2 Å². The summed E-state index contributed by atoms with van der Waals surface area (Å²) in [6.07, 6.45) is 6.24. The van der Waals surface area contributed by atoms with E-state index in [9.17, 15) is 0 Å². The van der Waals surface area contributed by atoms with Gasteiger partial charge in [0.25, 0.3) is 0 Å². The third-order valence-electron chi connectivity index (χ3n) is 3.60. The third kappa shape index (κ3) is 4.07. The Labute approximate surface area is 121 Å². The highest BCUT2D eigenvalue weighted by molar-refractivity contribution is 5.48. The van der Waals surface area contributed by atoms with Crippen molar-refractivity contribution in [1.82, 2.24) is 14.9 Å². The van der Waals surface area contributed by atoms with Gasteiger partial charge in [-0.25, -0.2) is 9.97 Å². The van der Waals surface area contributed by atoms with Crippen molar-refractivity contribution >= 4 is 5.82 Å². The molecule has 1 aliphatic carbocycles. The summed E-state index contributed by atoms with van der Waals surface area (Å²) in [5.74, 6) is 1.65. The summed E-state index contributed by atoms with van der Waals surface area (Å²) in [4.78, 5) is 11.0. The average molecular weight is 278 g/mol. The Kier molecular flexibility index (Phi) is 5.59. The molecule has 1 aliphatic rings. The predicted molar refractivity (Wildman–Crippen MR) is 81.3 cm³/mol. The van der Waals surface area contributed by atoms with Gasteiger partial charge in [0.2, 0.25) is 5.88 Å². The number of nitrogens with one attached hydrogen (secondary N) is 1. The van der Waals surface area contributed by atoms with Crippen LogP contribution < -0.4 is 10.1 Å². The quantitative estimate of drug-likeness (QED) is 0.751. The van der Waals surface area contributed by atoms with Gasteiger partial charge in [0, 0.05) is 19.1 Å². The van der Waals surface area contributed by atoms with Crippen molar-refractivity contribution in [3.05, 3.63) is 11.9 Å². The molecule has 1 fully saturated rings. The Morgan fingerprint density at radius 1 is 1.35 bits per heavy atom. The number of rotatable bonds is 9. The van der Waals surface area contributed by atoms with Crippen molar-refractivity contribution in [3.63, 3.8) is 0 Å². The SMILES string of the molecule is CCCc1c(NCC)ncnc1OCCN(C)C1CC1. The summed E-state index contributed by atoms with van der Waals surface area (Å²) in [6.45, 7) is 6.73. The van der Waals surface area contributed by atoms with E-state index in [1.165, 1.54) is 12.8 Å². The molecule has 1 N–H and O–H groups in total. The van der Waals surface area contributed by atoms with Crippen LogP contribution in [0.5, 0.6) is 5.88 Å². The van der Waals surface area contributed by atoms with Gasteiger partial charge in [-0.3, -0.25) is 0 Å². The minimum atomic E-state index is 0.687. The zero-order valence-electron chi connectivity index (χ0n) is 12.9. The molecule has 20 heavy (non-hydrogen) atoms. The molecule has 1 heterocycles. The first-order valence-corrected chi connectivity index (χ1v) is 7.67. The number of hydrogen-bond donors (Lipinski definition) is 1. The number of likely N-dealkylation sites (N-methyl/N-ethyl adjacent to an activating group) is 1. The Morgan fingerprint density at radius 3 is 2.80 bits per heavy atom. The van der Waals surface area contributed by atoms with Gasteiger partial charge < -0.3 is 15.0 Å². The Balaban J connectivity index is 1.95. The predicted octanol–water partition coefficient (Wildman–Crippen LogP) is 2.33. The van der Waals surface area contributed by atoms with E-state index in [4.69, 9.17) is 4.74 Å². The molecule has 112 valence electrons. The third-order valence-corrected chi connectivity index (χ3v) is 3.60. The topological polar surface area (TPSA) is 50.3 Å². The van der Waals surface area contributed by atoms with Crippen molar-refractivity contribution < 1.29 is 4.74 Å². The van der Waals surface area contributed by atoms with Crippen molar-refractivity contribution in [2.75, 3.05) is 32.1 Å². The molecule has 5 heteroatoms. The van der Waals surface area contributed by atoms with Crippen LogP contribution in [-0.4, -0.2) is 47.7 Å². The van der Waals surface area contributed by atoms with Crippen LogP contribution in [0.3, 0.4) is 0 Å². The highest BCUT2D eigenvalue weighted by Gasteiger charge is 2.25. The summed E-state index contributed by atoms with van der Waals surface area (Å²) in [5.41, 5.74) is 1.10. The van der Waals surface area contributed by atoms with Gasteiger partial charge in [0.05, 0.1) is 5.56 Å². The van der Waals surface area contributed by atoms with E-state index in [2.05, 4.69) is 41.1 Å². The van der Waals surface area contributed by atoms with Crippen LogP contribution in [-0.2, 0) is 6.42 Å². The van der Waals surface area contributed by atoms with Crippen molar-refractivity contribution in [2.24, 2.45) is 0 Å². The lowest BCUT2D eigenvalue weighted by Crippen LogP contribution is -2.26. The van der Waals surface area contributed by atoms with Crippen molar-refractivity contribution in [2.45, 2.75) is 45.6 Å². The van der Waals surface area contributed by atoms with Crippen LogP contribution in [0.15, 0.2) is 6.33 Å². The number of anilines is 1. The summed E-state index contributed by atoms with van der Waals surface area (Å²) >= 11 is 0. The number of hydrogen-bond acceptors (Lipinski definition) is 5. The second-order valence-electron chi connectivity index (χ2n) is 5.35. The zero-order valence-corrected chi connectivity index (χ0v) is 12.9. The van der Waals surface area contributed by atoms with E-state index in [-0.39, 0.29) is 0 Å². The molecular formula is C15H26N4O. The van der Waals surface area contributed by atoms with Gasteiger partial charge in [0.15, 0.2) is 0 Å². The molecule has 1 aromatic rings. The van der Waals surface area contributed by atoms with Crippen LogP contribution in [0, 0.1) is 0 Å². The van der Waals surface area contributed by atoms with Crippen LogP contribution in [0.4, 0.5) is 5.82 Å².